The molecule has 1 aromatic heterocycles. The highest BCUT2D eigenvalue weighted by molar-refractivity contribution is 7.96. The quantitative estimate of drug-likeness (QED) is 0.473. The summed E-state index contributed by atoms with van der Waals surface area (Å²) < 4.78 is 9.61. The Morgan fingerprint density at radius 1 is 1.30 bits per heavy atom. The van der Waals surface area contributed by atoms with Gasteiger partial charge in [0.25, 0.3) is 5.56 Å². The Hall–Kier alpha value is -1.99. The van der Waals surface area contributed by atoms with E-state index in [4.69, 9.17) is 4.74 Å². The van der Waals surface area contributed by atoms with E-state index in [1.54, 1.807) is 18.1 Å². The maximum Gasteiger partial charge on any atom is 0.328 e. The van der Waals surface area contributed by atoms with Crippen molar-refractivity contribution in [1.82, 2.24) is 13.9 Å². The van der Waals surface area contributed by atoms with Gasteiger partial charge in [0.05, 0.1) is 6.61 Å². The van der Waals surface area contributed by atoms with Crippen LogP contribution in [0.5, 0.6) is 5.75 Å². The number of hydrogen-bond acceptors (Lipinski definition) is 5. The van der Waals surface area contributed by atoms with Crippen molar-refractivity contribution < 1.29 is 4.74 Å². The van der Waals surface area contributed by atoms with Gasteiger partial charge in [-0.15, -0.1) is 0 Å². The van der Waals surface area contributed by atoms with Crippen molar-refractivity contribution in [1.29, 1.82) is 0 Å². The highest BCUT2D eigenvalue weighted by Gasteiger charge is 2.21. The van der Waals surface area contributed by atoms with Crippen molar-refractivity contribution in [3.05, 3.63) is 62.9 Å². The molecule has 0 radical (unpaired) electrons. The molecule has 1 saturated carbocycles. The number of rotatable bonds is 11. The van der Waals surface area contributed by atoms with Crippen LogP contribution in [-0.4, -0.2) is 39.8 Å². The fourth-order valence-electron chi connectivity index (χ4n) is 2.72. The fraction of sp³-hybridized carbons (Fsp3) is 0.500. The van der Waals surface area contributed by atoms with E-state index < -0.39 is 0 Å². The van der Waals surface area contributed by atoms with Crippen molar-refractivity contribution in [2.24, 2.45) is 5.92 Å². The summed E-state index contributed by atoms with van der Waals surface area (Å²) in [5.74, 6) is 2.66. The molecular weight excluding hydrogens is 362 g/mol. The average Bonchev–Trinajstić information content (AvgIpc) is 3.48. The number of aromatic nitrogens is 2. The summed E-state index contributed by atoms with van der Waals surface area (Å²) in [6.07, 6.45) is 6.00. The molecule has 0 aliphatic heterocycles. The molecule has 27 heavy (non-hydrogen) atoms. The first kappa shape index (κ1) is 19.8. The zero-order valence-corrected chi connectivity index (χ0v) is 16.5. The minimum atomic E-state index is -0.354. The molecule has 1 heterocycles. The largest absolute Gasteiger partial charge is 0.493 e. The van der Waals surface area contributed by atoms with Crippen molar-refractivity contribution in [3.63, 3.8) is 0 Å². The first-order chi connectivity index (χ1) is 13.1. The summed E-state index contributed by atoms with van der Waals surface area (Å²) in [7, 11) is 2.09. The van der Waals surface area contributed by atoms with Crippen LogP contribution in [0.15, 0.2) is 46.1 Å². The lowest BCUT2D eigenvalue weighted by Gasteiger charge is -2.16. The number of H-pyrrole nitrogens is 1. The Bertz CT molecular complexity index is 845. The molecule has 1 aromatic carbocycles. The summed E-state index contributed by atoms with van der Waals surface area (Å²) in [4.78, 5) is 24.9. The van der Waals surface area contributed by atoms with Crippen LogP contribution >= 0.6 is 11.9 Å². The number of aryl methyl sites for hydroxylation is 1. The van der Waals surface area contributed by atoms with Gasteiger partial charge >= 0.3 is 5.69 Å². The number of hydrogen-bond donors (Lipinski definition) is 1. The molecule has 146 valence electrons. The molecule has 1 fully saturated rings. The topological polar surface area (TPSA) is 67.3 Å². The van der Waals surface area contributed by atoms with Crippen molar-refractivity contribution in [2.75, 3.05) is 26.0 Å². The predicted octanol–water partition coefficient (Wildman–Crippen LogP) is 2.54. The maximum absolute atomic E-state index is 11.6. The Kier molecular flexibility index (Phi) is 7.18. The van der Waals surface area contributed by atoms with Crippen LogP contribution in [0, 0.1) is 5.92 Å². The van der Waals surface area contributed by atoms with Crippen LogP contribution in [0.3, 0.4) is 0 Å². The van der Waals surface area contributed by atoms with E-state index in [1.807, 2.05) is 6.07 Å². The standard InChI is InChI=1S/C20H27N3O3S/c1-22(27-13-3-10-23-12-9-19(24)21-20(23)25)11-8-16-4-2-5-18(14-16)26-15-17-6-7-17/h2,4-5,9,12,14,17H,3,6-8,10-11,13,15H2,1H3,(H,21,24,25). The number of aromatic amines is 1. The van der Waals surface area contributed by atoms with Gasteiger partial charge in [-0.1, -0.05) is 24.1 Å². The number of benzene rings is 1. The predicted molar refractivity (Wildman–Crippen MR) is 109 cm³/mol. The van der Waals surface area contributed by atoms with Crippen LogP contribution in [0.2, 0.25) is 0 Å². The molecule has 1 aliphatic carbocycles. The minimum Gasteiger partial charge on any atom is -0.493 e. The van der Waals surface area contributed by atoms with Gasteiger partial charge in [-0.2, -0.15) is 0 Å². The van der Waals surface area contributed by atoms with Crippen molar-refractivity contribution in [3.8, 4) is 5.75 Å². The summed E-state index contributed by atoms with van der Waals surface area (Å²) in [5.41, 5.74) is 0.590. The number of ether oxygens (including phenoxy) is 1. The highest BCUT2D eigenvalue weighted by Crippen LogP contribution is 2.29. The Morgan fingerprint density at radius 2 is 2.15 bits per heavy atom. The molecule has 0 saturated heterocycles. The Labute approximate surface area is 163 Å². The van der Waals surface area contributed by atoms with Gasteiger partial charge in [-0.25, -0.2) is 4.79 Å². The molecule has 0 unspecified atom stereocenters. The summed E-state index contributed by atoms with van der Waals surface area (Å²) in [6, 6.07) is 9.76. The van der Waals surface area contributed by atoms with E-state index in [1.165, 1.54) is 29.0 Å². The molecule has 1 aliphatic rings. The van der Waals surface area contributed by atoms with Gasteiger partial charge in [0.15, 0.2) is 0 Å². The molecule has 0 amide bonds. The first-order valence-electron chi connectivity index (χ1n) is 9.46. The Balaban J connectivity index is 1.34. The first-order valence-corrected chi connectivity index (χ1v) is 10.4. The van der Waals surface area contributed by atoms with Gasteiger partial charge < -0.3 is 9.30 Å². The summed E-state index contributed by atoms with van der Waals surface area (Å²) in [6.45, 7) is 2.41. The third kappa shape index (κ3) is 6.92. The minimum absolute atomic E-state index is 0.343. The van der Waals surface area contributed by atoms with Crippen LogP contribution in [0.1, 0.15) is 24.8 Å². The number of nitrogens with one attached hydrogen (secondary N) is 1. The molecule has 2 aromatic rings. The van der Waals surface area contributed by atoms with Crippen LogP contribution in [0.25, 0.3) is 0 Å². The molecule has 1 N–H and O–H groups in total. The third-order valence-corrected chi connectivity index (χ3v) is 5.64. The maximum atomic E-state index is 11.6. The number of nitrogens with zero attached hydrogens (tertiary/aromatic N) is 2. The van der Waals surface area contributed by atoms with Gasteiger partial charge in [0, 0.05) is 31.1 Å². The van der Waals surface area contributed by atoms with E-state index in [0.29, 0.717) is 6.54 Å². The molecule has 0 spiro atoms. The number of likely N-dealkylation sites (N-methyl/N-ethyl adjacent to an activating group) is 1. The lowest BCUT2D eigenvalue weighted by molar-refractivity contribution is 0.299. The smallest absolute Gasteiger partial charge is 0.328 e. The molecule has 0 bridgehead atoms. The zero-order chi connectivity index (χ0) is 19.1. The van der Waals surface area contributed by atoms with Gasteiger partial charge in [0.1, 0.15) is 5.75 Å². The summed E-state index contributed by atoms with van der Waals surface area (Å²) >= 11 is 1.77. The lowest BCUT2D eigenvalue weighted by Crippen LogP contribution is -2.28. The molecule has 0 atom stereocenters. The van der Waals surface area contributed by atoms with E-state index in [2.05, 4.69) is 34.5 Å². The van der Waals surface area contributed by atoms with Gasteiger partial charge in [-0.3, -0.25) is 14.1 Å². The van der Waals surface area contributed by atoms with Crippen LogP contribution in [0.4, 0.5) is 0 Å². The molecule has 6 nitrogen and oxygen atoms in total. The second-order valence-electron chi connectivity index (χ2n) is 6.99. The average molecular weight is 390 g/mol. The highest BCUT2D eigenvalue weighted by atomic mass is 32.2. The SMILES string of the molecule is CN(CCc1cccc(OCC2CC2)c1)SCCCn1ccc(=O)[nH]c1=O. The van der Waals surface area contributed by atoms with E-state index in [-0.39, 0.29) is 11.2 Å². The normalized spacial score (nSPS) is 13.9. The third-order valence-electron chi connectivity index (χ3n) is 4.55. The second-order valence-corrected chi connectivity index (χ2v) is 8.28. The molecule has 3 rings (SSSR count). The Morgan fingerprint density at radius 3 is 2.93 bits per heavy atom. The van der Waals surface area contributed by atoms with Crippen LogP contribution < -0.4 is 16.0 Å². The molecule has 7 heteroatoms. The monoisotopic (exact) mass is 389 g/mol. The van der Waals surface area contributed by atoms with E-state index >= 15 is 0 Å². The fourth-order valence-corrected chi connectivity index (χ4v) is 3.51. The molecular formula is C20H27N3O3S. The van der Waals surface area contributed by atoms with Crippen molar-refractivity contribution in [2.45, 2.75) is 32.2 Å². The second kappa shape index (κ2) is 9.80. The van der Waals surface area contributed by atoms with Gasteiger partial charge in [0.2, 0.25) is 0 Å². The van der Waals surface area contributed by atoms with E-state index in [9.17, 15) is 9.59 Å². The van der Waals surface area contributed by atoms with E-state index in [0.717, 1.165) is 43.4 Å². The zero-order valence-electron chi connectivity index (χ0n) is 15.7. The van der Waals surface area contributed by atoms with Gasteiger partial charge in [-0.05, 0) is 56.3 Å². The lowest BCUT2D eigenvalue weighted by atomic mass is 10.1. The van der Waals surface area contributed by atoms with Crippen molar-refractivity contribution >= 4 is 11.9 Å². The van der Waals surface area contributed by atoms with Crippen LogP contribution in [-0.2, 0) is 13.0 Å². The summed E-state index contributed by atoms with van der Waals surface area (Å²) in [5, 5.41) is 0.